The lowest BCUT2D eigenvalue weighted by Gasteiger charge is -2.39. The largest absolute Gasteiger partial charge is 0.445 e. The molecule has 1 aliphatic heterocycles. The molecule has 1 fully saturated rings. The van der Waals surface area contributed by atoms with E-state index < -0.39 is 8.32 Å². The van der Waals surface area contributed by atoms with Gasteiger partial charge in [0.1, 0.15) is 6.61 Å². The molecule has 146 valence electrons. The number of carbonyl (C=O) groups excluding carboxylic acids is 1. The molecule has 1 saturated heterocycles. The topological polar surface area (TPSA) is 59.0 Å². The van der Waals surface area contributed by atoms with Crippen LogP contribution in [-0.2, 0) is 15.8 Å². The van der Waals surface area contributed by atoms with Crippen LogP contribution in [-0.4, -0.2) is 49.7 Å². The SMILES string of the molecule is C[C@H]1[C@@H](O[Si](C)(C)C(C)(C)C)CN(C(=O)OCc2ccccc2)[C@H]1CO. The Hall–Kier alpha value is -1.37. The van der Waals surface area contributed by atoms with Gasteiger partial charge in [-0.2, -0.15) is 0 Å². The number of aliphatic hydroxyl groups excluding tert-OH is 1. The third-order valence-electron chi connectivity index (χ3n) is 5.85. The fourth-order valence-corrected chi connectivity index (χ4v) is 4.40. The van der Waals surface area contributed by atoms with Gasteiger partial charge < -0.3 is 14.3 Å². The molecule has 3 atom stereocenters. The highest BCUT2D eigenvalue weighted by Crippen LogP contribution is 2.40. The van der Waals surface area contributed by atoms with Gasteiger partial charge in [-0.25, -0.2) is 4.79 Å². The van der Waals surface area contributed by atoms with Gasteiger partial charge in [-0.05, 0) is 23.7 Å². The highest BCUT2D eigenvalue weighted by Gasteiger charge is 2.47. The summed E-state index contributed by atoms with van der Waals surface area (Å²) in [5.74, 6) is 0.0680. The van der Waals surface area contributed by atoms with Crippen LogP contribution >= 0.6 is 0 Å². The number of aliphatic hydroxyl groups is 1. The Morgan fingerprint density at radius 3 is 2.42 bits per heavy atom. The maximum absolute atomic E-state index is 12.6. The maximum atomic E-state index is 12.6. The van der Waals surface area contributed by atoms with E-state index in [9.17, 15) is 9.90 Å². The van der Waals surface area contributed by atoms with E-state index in [1.807, 2.05) is 37.3 Å². The molecule has 0 spiro atoms. The zero-order valence-corrected chi connectivity index (χ0v) is 17.9. The number of nitrogens with zero attached hydrogens (tertiary/aromatic N) is 1. The molecule has 1 amide bonds. The van der Waals surface area contributed by atoms with Gasteiger partial charge >= 0.3 is 6.09 Å². The summed E-state index contributed by atoms with van der Waals surface area (Å²) in [7, 11) is -1.95. The zero-order chi connectivity index (χ0) is 19.5. The van der Waals surface area contributed by atoms with Crippen molar-refractivity contribution < 1.29 is 19.1 Å². The first-order valence-corrected chi connectivity index (χ1v) is 12.2. The molecule has 0 unspecified atom stereocenters. The van der Waals surface area contributed by atoms with E-state index in [4.69, 9.17) is 9.16 Å². The summed E-state index contributed by atoms with van der Waals surface area (Å²) < 4.78 is 12.0. The molecular formula is C20H33NO4Si. The van der Waals surface area contributed by atoms with Crippen molar-refractivity contribution in [3.8, 4) is 0 Å². The molecule has 0 aromatic heterocycles. The predicted octanol–water partition coefficient (Wildman–Crippen LogP) is 4.03. The number of hydrogen-bond acceptors (Lipinski definition) is 4. The Morgan fingerprint density at radius 1 is 1.27 bits per heavy atom. The van der Waals surface area contributed by atoms with E-state index in [1.54, 1.807) is 4.90 Å². The highest BCUT2D eigenvalue weighted by molar-refractivity contribution is 6.74. The molecule has 5 nitrogen and oxygen atoms in total. The summed E-state index contributed by atoms with van der Waals surface area (Å²) in [5, 5.41) is 9.92. The van der Waals surface area contributed by atoms with Gasteiger partial charge in [-0.15, -0.1) is 0 Å². The minimum atomic E-state index is -1.95. The molecule has 1 aromatic rings. The summed E-state index contributed by atoms with van der Waals surface area (Å²) in [5.41, 5.74) is 0.947. The van der Waals surface area contributed by atoms with Crippen molar-refractivity contribution in [3.05, 3.63) is 35.9 Å². The van der Waals surface area contributed by atoms with Gasteiger partial charge in [0.2, 0.25) is 0 Å². The first kappa shape index (κ1) is 20.9. The average Bonchev–Trinajstić information content (AvgIpc) is 2.88. The van der Waals surface area contributed by atoms with Gasteiger partial charge in [0.25, 0.3) is 0 Å². The fraction of sp³-hybridized carbons (Fsp3) is 0.650. The Bertz CT molecular complexity index is 600. The third kappa shape index (κ3) is 4.67. The Balaban J connectivity index is 2.03. The molecule has 0 saturated carbocycles. The van der Waals surface area contributed by atoms with Gasteiger partial charge in [-0.1, -0.05) is 58.0 Å². The summed E-state index contributed by atoms with van der Waals surface area (Å²) in [6, 6.07) is 9.34. The molecule has 26 heavy (non-hydrogen) atoms. The molecule has 0 aliphatic carbocycles. The molecule has 0 radical (unpaired) electrons. The second-order valence-corrected chi connectivity index (χ2v) is 13.5. The van der Waals surface area contributed by atoms with Crippen LogP contribution in [0.15, 0.2) is 30.3 Å². The number of benzene rings is 1. The molecule has 1 aliphatic rings. The standard InChI is InChI=1S/C20H33NO4Si/c1-15-17(13-22)21(12-18(15)25-26(5,6)20(2,3)4)19(23)24-14-16-10-8-7-9-11-16/h7-11,15,17-18,22H,12-14H2,1-6H3/t15-,17+,18+/m1/s1. The molecule has 1 aromatic carbocycles. The van der Waals surface area contributed by atoms with Crippen LogP contribution in [0.5, 0.6) is 0 Å². The molecule has 0 bridgehead atoms. The molecular weight excluding hydrogens is 346 g/mol. The highest BCUT2D eigenvalue weighted by atomic mass is 28.4. The summed E-state index contributed by atoms with van der Waals surface area (Å²) >= 11 is 0. The smallest absolute Gasteiger partial charge is 0.410 e. The number of hydrogen-bond donors (Lipinski definition) is 1. The van der Waals surface area contributed by atoms with Crippen molar-refractivity contribution in [2.24, 2.45) is 5.92 Å². The maximum Gasteiger partial charge on any atom is 0.410 e. The minimum Gasteiger partial charge on any atom is -0.445 e. The van der Waals surface area contributed by atoms with Crippen molar-refractivity contribution in [1.82, 2.24) is 4.90 Å². The molecule has 2 rings (SSSR count). The predicted molar refractivity (Wildman–Crippen MR) is 105 cm³/mol. The van der Waals surface area contributed by atoms with Gasteiger partial charge in [-0.3, -0.25) is 4.90 Å². The number of amides is 1. The van der Waals surface area contributed by atoms with E-state index in [2.05, 4.69) is 33.9 Å². The van der Waals surface area contributed by atoms with E-state index in [1.165, 1.54) is 0 Å². The lowest BCUT2D eigenvalue weighted by atomic mass is 10.0. The first-order valence-electron chi connectivity index (χ1n) is 9.33. The van der Waals surface area contributed by atoms with Crippen molar-refractivity contribution >= 4 is 14.4 Å². The normalized spacial score (nSPS) is 24.0. The third-order valence-corrected chi connectivity index (χ3v) is 10.4. The van der Waals surface area contributed by atoms with Crippen LogP contribution in [0, 0.1) is 5.92 Å². The van der Waals surface area contributed by atoms with E-state index in [0.29, 0.717) is 6.54 Å². The number of likely N-dealkylation sites (tertiary alicyclic amines) is 1. The number of ether oxygens (including phenoxy) is 1. The van der Waals surface area contributed by atoms with Crippen LogP contribution in [0.25, 0.3) is 0 Å². The molecule has 6 heteroatoms. The Kier molecular flexibility index (Phi) is 6.53. The summed E-state index contributed by atoms with van der Waals surface area (Å²) in [6.45, 7) is 13.7. The second kappa shape index (κ2) is 8.11. The average molecular weight is 380 g/mol. The van der Waals surface area contributed by atoms with Crippen molar-refractivity contribution in [3.63, 3.8) is 0 Å². The van der Waals surface area contributed by atoms with Crippen molar-refractivity contribution in [1.29, 1.82) is 0 Å². The first-order chi connectivity index (χ1) is 12.1. The van der Waals surface area contributed by atoms with Crippen LogP contribution in [0.2, 0.25) is 18.1 Å². The van der Waals surface area contributed by atoms with Crippen molar-refractivity contribution in [2.45, 2.75) is 64.6 Å². The van der Waals surface area contributed by atoms with Crippen LogP contribution in [0.4, 0.5) is 4.79 Å². The minimum absolute atomic E-state index is 0.0680. The fourth-order valence-electron chi connectivity index (χ4n) is 3.00. The Labute approximate surface area is 158 Å². The van der Waals surface area contributed by atoms with Crippen LogP contribution in [0.1, 0.15) is 33.3 Å². The van der Waals surface area contributed by atoms with Crippen LogP contribution < -0.4 is 0 Å². The van der Waals surface area contributed by atoms with Crippen LogP contribution in [0.3, 0.4) is 0 Å². The molecule has 1 N–H and O–H groups in total. The zero-order valence-electron chi connectivity index (χ0n) is 16.9. The Morgan fingerprint density at radius 2 is 1.88 bits per heavy atom. The van der Waals surface area contributed by atoms with E-state index in [-0.39, 0.29) is 42.4 Å². The van der Waals surface area contributed by atoms with E-state index in [0.717, 1.165) is 5.56 Å². The summed E-state index contributed by atoms with van der Waals surface area (Å²) in [6.07, 6.45) is -0.460. The number of carbonyl (C=O) groups is 1. The van der Waals surface area contributed by atoms with Crippen molar-refractivity contribution in [2.75, 3.05) is 13.2 Å². The van der Waals surface area contributed by atoms with Gasteiger partial charge in [0, 0.05) is 12.5 Å². The quantitative estimate of drug-likeness (QED) is 0.785. The summed E-state index contributed by atoms with van der Waals surface area (Å²) in [4.78, 5) is 14.2. The van der Waals surface area contributed by atoms with Gasteiger partial charge in [0.15, 0.2) is 8.32 Å². The lowest BCUT2D eigenvalue weighted by molar-refractivity contribution is 0.0738. The number of rotatable bonds is 5. The second-order valence-electron chi connectivity index (χ2n) is 8.72. The lowest BCUT2D eigenvalue weighted by Crippen LogP contribution is -2.46. The van der Waals surface area contributed by atoms with E-state index >= 15 is 0 Å². The monoisotopic (exact) mass is 379 g/mol. The van der Waals surface area contributed by atoms with Gasteiger partial charge in [0.05, 0.1) is 18.8 Å². The molecule has 1 heterocycles.